The van der Waals surface area contributed by atoms with Gasteiger partial charge in [-0.25, -0.2) is 0 Å². The van der Waals surface area contributed by atoms with Gasteiger partial charge in [0.15, 0.2) is 5.76 Å². The van der Waals surface area contributed by atoms with Crippen molar-refractivity contribution in [1.29, 1.82) is 0 Å². The van der Waals surface area contributed by atoms with Crippen molar-refractivity contribution < 1.29 is 23.2 Å². The molecular weight excluding hydrogens is 386 g/mol. The number of morpholine rings is 1. The van der Waals surface area contributed by atoms with Crippen molar-refractivity contribution >= 4 is 40.1 Å². The van der Waals surface area contributed by atoms with Crippen molar-refractivity contribution in [2.24, 2.45) is 5.73 Å². The molecule has 0 radical (unpaired) electrons. The van der Waals surface area contributed by atoms with Crippen molar-refractivity contribution in [3.8, 4) is 0 Å². The number of benzene rings is 1. The topological polar surface area (TPSA) is 111 Å². The summed E-state index contributed by atoms with van der Waals surface area (Å²) in [4.78, 5) is 26.6. The first-order chi connectivity index (χ1) is 13.5. The summed E-state index contributed by atoms with van der Waals surface area (Å²) in [6.07, 6.45) is 0. The van der Waals surface area contributed by atoms with Crippen molar-refractivity contribution in [1.82, 2.24) is 4.90 Å². The maximum atomic E-state index is 12.6. The average Bonchev–Trinajstić information content (AvgIpc) is 3.27. The zero-order valence-electron chi connectivity index (χ0n) is 14.9. The summed E-state index contributed by atoms with van der Waals surface area (Å²) in [7, 11) is 0. The highest BCUT2D eigenvalue weighted by Crippen LogP contribution is 2.33. The van der Waals surface area contributed by atoms with Gasteiger partial charge in [-0.05, 0) is 24.3 Å². The fraction of sp³-hybridized carbons (Fsp3) is 0.263. The molecule has 0 bridgehead atoms. The number of furan rings is 2. The van der Waals surface area contributed by atoms with Gasteiger partial charge in [-0.2, -0.15) is 0 Å². The van der Waals surface area contributed by atoms with Gasteiger partial charge in [0.25, 0.3) is 11.8 Å². The van der Waals surface area contributed by atoms with Gasteiger partial charge in [0.05, 0.1) is 19.8 Å². The molecule has 1 saturated heterocycles. The quantitative estimate of drug-likeness (QED) is 0.677. The molecule has 2 amide bonds. The van der Waals surface area contributed by atoms with E-state index in [-0.39, 0.29) is 17.2 Å². The summed E-state index contributed by atoms with van der Waals surface area (Å²) in [5, 5.41) is 3.62. The molecule has 0 aliphatic carbocycles. The van der Waals surface area contributed by atoms with Crippen LogP contribution in [0, 0.1) is 0 Å². The molecule has 1 aliphatic rings. The first kappa shape index (κ1) is 18.5. The zero-order valence-corrected chi connectivity index (χ0v) is 15.6. The van der Waals surface area contributed by atoms with Gasteiger partial charge in [0.1, 0.15) is 17.0 Å². The number of amides is 2. The summed E-state index contributed by atoms with van der Waals surface area (Å²) in [6.45, 7) is 3.58. The van der Waals surface area contributed by atoms with E-state index >= 15 is 0 Å². The number of hydrogen-bond donors (Lipinski definition) is 2. The lowest BCUT2D eigenvalue weighted by Crippen LogP contribution is -2.35. The summed E-state index contributed by atoms with van der Waals surface area (Å²) < 4.78 is 16.4. The van der Waals surface area contributed by atoms with Gasteiger partial charge in [-0.1, -0.05) is 11.6 Å². The summed E-state index contributed by atoms with van der Waals surface area (Å²) in [5.41, 5.74) is 5.92. The maximum Gasteiger partial charge on any atom is 0.291 e. The van der Waals surface area contributed by atoms with E-state index in [9.17, 15) is 9.59 Å². The number of hydrogen-bond acceptors (Lipinski definition) is 6. The molecule has 146 valence electrons. The molecule has 3 aromatic rings. The van der Waals surface area contributed by atoms with E-state index in [1.807, 2.05) is 0 Å². The molecule has 8 nitrogen and oxygen atoms in total. The Morgan fingerprint density at radius 2 is 1.93 bits per heavy atom. The van der Waals surface area contributed by atoms with Crippen LogP contribution in [0.2, 0.25) is 5.02 Å². The maximum absolute atomic E-state index is 12.6. The van der Waals surface area contributed by atoms with Gasteiger partial charge < -0.3 is 24.6 Å². The molecular formula is C19H18ClN3O5. The number of halogens is 1. The third-order valence-electron chi connectivity index (χ3n) is 4.48. The zero-order chi connectivity index (χ0) is 19.7. The fourth-order valence-corrected chi connectivity index (χ4v) is 3.27. The first-order valence-electron chi connectivity index (χ1n) is 8.73. The van der Waals surface area contributed by atoms with Gasteiger partial charge in [0.2, 0.25) is 5.76 Å². The number of nitrogens with zero attached hydrogens (tertiary/aromatic N) is 1. The van der Waals surface area contributed by atoms with Crippen LogP contribution in [0.15, 0.2) is 39.2 Å². The van der Waals surface area contributed by atoms with Gasteiger partial charge in [0, 0.05) is 29.6 Å². The fourth-order valence-electron chi connectivity index (χ4n) is 3.11. The highest BCUT2D eigenvalue weighted by molar-refractivity contribution is 6.31. The lowest BCUT2D eigenvalue weighted by molar-refractivity contribution is 0.0312. The van der Waals surface area contributed by atoms with Gasteiger partial charge in [-0.3, -0.25) is 14.5 Å². The molecule has 0 spiro atoms. The monoisotopic (exact) mass is 403 g/mol. The van der Waals surface area contributed by atoms with Crippen LogP contribution >= 0.6 is 11.6 Å². The highest BCUT2D eigenvalue weighted by Gasteiger charge is 2.23. The van der Waals surface area contributed by atoms with Gasteiger partial charge >= 0.3 is 0 Å². The Morgan fingerprint density at radius 1 is 1.14 bits per heavy atom. The number of fused-ring (bicyclic) bond motifs is 1. The Kier molecular flexibility index (Phi) is 5.08. The molecule has 0 unspecified atom stereocenters. The number of nitrogens with one attached hydrogen (secondary N) is 1. The Morgan fingerprint density at radius 3 is 2.68 bits per heavy atom. The van der Waals surface area contributed by atoms with E-state index < -0.39 is 11.8 Å². The molecule has 0 saturated carbocycles. The number of primary amides is 1. The van der Waals surface area contributed by atoms with Crippen LogP contribution < -0.4 is 11.1 Å². The number of carbonyl (C=O) groups is 2. The minimum atomic E-state index is -0.796. The third kappa shape index (κ3) is 3.75. The Bertz CT molecular complexity index is 1040. The number of carbonyl (C=O) groups excluding carboxylic acids is 2. The molecule has 3 N–H and O–H groups in total. The van der Waals surface area contributed by atoms with E-state index in [1.165, 1.54) is 0 Å². The second kappa shape index (κ2) is 7.67. The van der Waals surface area contributed by atoms with E-state index in [0.29, 0.717) is 41.5 Å². The average molecular weight is 404 g/mol. The lowest BCUT2D eigenvalue weighted by atomic mass is 10.2. The molecule has 28 heavy (non-hydrogen) atoms. The predicted molar refractivity (Wildman–Crippen MR) is 102 cm³/mol. The molecule has 9 heteroatoms. The number of ether oxygens (including phenoxy) is 1. The van der Waals surface area contributed by atoms with Crippen molar-refractivity contribution in [2.45, 2.75) is 6.54 Å². The van der Waals surface area contributed by atoms with E-state index in [2.05, 4.69) is 10.2 Å². The third-order valence-corrected chi connectivity index (χ3v) is 4.72. The number of nitrogens with two attached hydrogens (primary N) is 1. The van der Waals surface area contributed by atoms with Crippen LogP contribution in [0.4, 0.5) is 5.69 Å². The number of rotatable bonds is 5. The first-order valence-corrected chi connectivity index (χ1v) is 9.11. The molecule has 1 aliphatic heterocycles. The second-order valence-corrected chi connectivity index (χ2v) is 6.86. The van der Waals surface area contributed by atoms with Crippen LogP contribution in [0.3, 0.4) is 0 Å². The van der Waals surface area contributed by atoms with Crippen LogP contribution in [0.25, 0.3) is 11.0 Å². The molecule has 3 heterocycles. The Hall–Kier alpha value is -2.81. The summed E-state index contributed by atoms with van der Waals surface area (Å²) in [5.74, 6) is -0.651. The van der Waals surface area contributed by atoms with Crippen LogP contribution in [-0.4, -0.2) is 43.0 Å². The van der Waals surface area contributed by atoms with Gasteiger partial charge in [-0.15, -0.1) is 0 Å². The van der Waals surface area contributed by atoms with Crippen LogP contribution in [0.5, 0.6) is 0 Å². The van der Waals surface area contributed by atoms with Crippen LogP contribution in [0.1, 0.15) is 26.9 Å². The summed E-state index contributed by atoms with van der Waals surface area (Å²) in [6, 6.07) is 8.18. The number of anilines is 1. The van der Waals surface area contributed by atoms with E-state index in [1.54, 1.807) is 30.3 Å². The summed E-state index contributed by atoms with van der Waals surface area (Å²) >= 11 is 5.95. The minimum Gasteiger partial charge on any atom is -0.455 e. The normalized spacial score (nSPS) is 15.0. The lowest BCUT2D eigenvalue weighted by Gasteiger charge is -2.25. The van der Waals surface area contributed by atoms with Crippen molar-refractivity contribution in [3.63, 3.8) is 0 Å². The van der Waals surface area contributed by atoms with Crippen molar-refractivity contribution in [2.75, 3.05) is 31.6 Å². The predicted octanol–water partition coefficient (Wildman–Crippen LogP) is 2.86. The largest absolute Gasteiger partial charge is 0.455 e. The van der Waals surface area contributed by atoms with E-state index in [4.69, 9.17) is 30.9 Å². The molecule has 1 aromatic carbocycles. The van der Waals surface area contributed by atoms with Crippen LogP contribution in [-0.2, 0) is 11.3 Å². The molecule has 1 fully saturated rings. The van der Waals surface area contributed by atoms with Crippen molar-refractivity contribution in [3.05, 3.63) is 52.6 Å². The molecule has 0 atom stereocenters. The second-order valence-electron chi connectivity index (χ2n) is 6.42. The highest BCUT2D eigenvalue weighted by atomic mass is 35.5. The molecule has 4 rings (SSSR count). The SMILES string of the molecule is NC(=O)c1oc2cc(Cl)ccc2c1NC(=O)c1ccc(CN2CCOCC2)o1. The molecule has 2 aromatic heterocycles. The minimum absolute atomic E-state index is 0.127. The smallest absolute Gasteiger partial charge is 0.291 e. The van der Waals surface area contributed by atoms with E-state index in [0.717, 1.165) is 13.1 Å². The Labute approximate surface area is 165 Å². The standard InChI is InChI=1S/C19H18ClN3O5/c20-11-1-3-13-15(9-11)28-17(18(21)24)16(13)22-19(25)14-4-2-12(27-14)10-23-5-7-26-8-6-23/h1-4,9H,5-8,10H2,(H2,21,24)(H,22,25). The Balaban J connectivity index is 1.55.